The van der Waals surface area contributed by atoms with Gasteiger partial charge in [-0.3, -0.25) is 4.90 Å². The molecule has 1 saturated heterocycles. The summed E-state index contributed by atoms with van der Waals surface area (Å²) in [6.45, 7) is 6.16. The van der Waals surface area contributed by atoms with Gasteiger partial charge >= 0.3 is 0 Å². The number of piperazine rings is 1. The molecule has 138 valence electrons. The molecule has 0 aromatic heterocycles. The summed E-state index contributed by atoms with van der Waals surface area (Å²) < 4.78 is 24.7. The number of hydrogen-bond donors (Lipinski definition) is 0. The largest absolute Gasteiger partial charge is 0.368 e. The van der Waals surface area contributed by atoms with E-state index >= 15 is 0 Å². The summed E-state index contributed by atoms with van der Waals surface area (Å²) in [6, 6.07) is 17.7. The Labute approximate surface area is 156 Å². The van der Waals surface area contributed by atoms with Gasteiger partial charge in [-0.05, 0) is 17.7 Å². The Balaban J connectivity index is 1.60. The standard InChI is InChI=1S/C21H26N2O2S/c1-2-26(24,25)21-13-7-6-12-20(21)23-17-15-22(16-18-23)14-8-11-19-9-4-3-5-10-19/h3-13H,2,14-18H2,1H3/b11-8+. The number of hydrogen-bond acceptors (Lipinski definition) is 4. The van der Waals surface area contributed by atoms with E-state index in [9.17, 15) is 8.42 Å². The third kappa shape index (κ3) is 4.54. The Kier molecular flexibility index (Phi) is 6.12. The third-order valence-electron chi connectivity index (χ3n) is 4.77. The van der Waals surface area contributed by atoms with Gasteiger partial charge in [0.1, 0.15) is 0 Å². The maximum atomic E-state index is 12.4. The summed E-state index contributed by atoms with van der Waals surface area (Å²) >= 11 is 0. The highest BCUT2D eigenvalue weighted by Gasteiger charge is 2.23. The van der Waals surface area contributed by atoms with Crippen LogP contribution in [-0.4, -0.2) is 51.8 Å². The lowest BCUT2D eigenvalue weighted by Crippen LogP contribution is -2.46. The normalized spacial score (nSPS) is 16.3. The molecule has 0 aliphatic carbocycles. The zero-order valence-electron chi connectivity index (χ0n) is 15.2. The van der Waals surface area contributed by atoms with Crippen LogP contribution in [0.5, 0.6) is 0 Å². The number of para-hydroxylation sites is 1. The lowest BCUT2D eigenvalue weighted by atomic mass is 10.2. The maximum Gasteiger partial charge on any atom is 0.180 e. The van der Waals surface area contributed by atoms with Gasteiger partial charge in [0.05, 0.1) is 16.3 Å². The van der Waals surface area contributed by atoms with Crippen molar-refractivity contribution < 1.29 is 8.42 Å². The summed E-state index contributed by atoms with van der Waals surface area (Å²) in [6.07, 6.45) is 4.34. The molecule has 1 heterocycles. The number of benzene rings is 2. The van der Waals surface area contributed by atoms with E-state index in [1.165, 1.54) is 5.56 Å². The van der Waals surface area contributed by atoms with Gasteiger partial charge in [-0.15, -0.1) is 0 Å². The predicted molar refractivity (Wildman–Crippen MR) is 108 cm³/mol. The fraction of sp³-hybridized carbons (Fsp3) is 0.333. The van der Waals surface area contributed by atoms with E-state index < -0.39 is 9.84 Å². The molecule has 1 fully saturated rings. The molecule has 3 rings (SSSR count). The van der Waals surface area contributed by atoms with Crippen molar-refractivity contribution in [2.45, 2.75) is 11.8 Å². The first kappa shape index (κ1) is 18.7. The second-order valence-electron chi connectivity index (χ2n) is 6.47. The quantitative estimate of drug-likeness (QED) is 0.782. The summed E-state index contributed by atoms with van der Waals surface area (Å²) in [7, 11) is -3.20. The molecule has 0 atom stereocenters. The van der Waals surface area contributed by atoms with Crippen LogP contribution in [0.3, 0.4) is 0 Å². The smallest absolute Gasteiger partial charge is 0.180 e. The van der Waals surface area contributed by atoms with Crippen molar-refractivity contribution in [2.75, 3.05) is 43.4 Å². The van der Waals surface area contributed by atoms with Crippen molar-refractivity contribution >= 4 is 21.6 Å². The van der Waals surface area contributed by atoms with Gasteiger partial charge in [-0.25, -0.2) is 8.42 Å². The van der Waals surface area contributed by atoms with Crippen molar-refractivity contribution in [1.82, 2.24) is 4.90 Å². The van der Waals surface area contributed by atoms with Gasteiger partial charge < -0.3 is 4.90 Å². The van der Waals surface area contributed by atoms with Crippen LogP contribution in [0.15, 0.2) is 65.6 Å². The molecule has 1 aliphatic heterocycles. The molecule has 0 amide bonds. The van der Waals surface area contributed by atoms with Crippen LogP contribution in [-0.2, 0) is 9.84 Å². The second kappa shape index (κ2) is 8.52. The van der Waals surface area contributed by atoms with Crippen molar-refractivity contribution in [3.05, 3.63) is 66.2 Å². The first-order valence-electron chi connectivity index (χ1n) is 9.11. The van der Waals surface area contributed by atoms with Gasteiger partial charge in [0.25, 0.3) is 0 Å². The second-order valence-corrected chi connectivity index (χ2v) is 8.72. The average Bonchev–Trinajstić information content (AvgIpc) is 2.69. The molecular formula is C21H26N2O2S. The van der Waals surface area contributed by atoms with Crippen molar-refractivity contribution in [2.24, 2.45) is 0 Å². The topological polar surface area (TPSA) is 40.6 Å². The lowest BCUT2D eigenvalue weighted by Gasteiger charge is -2.36. The summed E-state index contributed by atoms with van der Waals surface area (Å²) in [5, 5.41) is 0. The van der Waals surface area contributed by atoms with E-state index in [2.05, 4.69) is 34.1 Å². The molecule has 2 aromatic rings. The average molecular weight is 371 g/mol. The molecule has 0 radical (unpaired) electrons. The molecule has 5 heteroatoms. The van der Waals surface area contributed by atoms with Crippen molar-refractivity contribution in [3.8, 4) is 0 Å². The Morgan fingerprint density at radius 3 is 2.27 bits per heavy atom. The fourth-order valence-corrected chi connectivity index (χ4v) is 4.32. The van der Waals surface area contributed by atoms with Crippen LogP contribution >= 0.6 is 0 Å². The fourth-order valence-electron chi connectivity index (χ4n) is 3.21. The molecule has 0 N–H and O–H groups in total. The van der Waals surface area contributed by atoms with Gasteiger partial charge in [0.2, 0.25) is 0 Å². The van der Waals surface area contributed by atoms with Crippen molar-refractivity contribution in [3.63, 3.8) is 0 Å². The molecule has 2 aromatic carbocycles. The Hall–Kier alpha value is -2.11. The molecule has 4 nitrogen and oxygen atoms in total. The minimum atomic E-state index is -3.20. The lowest BCUT2D eigenvalue weighted by molar-refractivity contribution is 0.284. The molecule has 26 heavy (non-hydrogen) atoms. The van der Waals surface area contributed by atoms with Crippen LogP contribution in [0.1, 0.15) is 12.5 Å². The molecule has 1 aliphatic rings. The SMILES string of the molecule is CCS(=O)(=O)c1ccccc1N1CCN(C/C=C/c2ccccc2)CC1. The summed E-state index contributed by atoms with van der Waals surface area (Å²) in [5.74, 6) is 0.133. The minimum Gasteiger partial charge on any atom is -0.368 e. The zero-order chi connectivity index (χ0) is 18.4. The van der Waals surface area contributed by atoms with Gasteiger partial charge in [-0.1, -0.05) is 61.5 Å². The zero-order valence-corrected chi connectivity index (χ0v) is 16.0. The Bertz CT molecular complexity index is 839. The first-order chi connectivity index (χ1) is 12.6. The molecule has 0 bridgehead atoms. The van der Waals surface area contributed by atoms with E-state index in [0.29, 0.717) is 4.90 Å². The summed E-state index contributed by atoms with van der Waals surface area (Å²) in [4.78, 5) is 5.05. The number of anilines is 1. The molecule has 0 unspecified atom stereocenters. The number of rotatable bonds is 6. The highest BCUT2D eigenvalue weighted by Crippen LogP contribution is 2.26. The van der Waals surface area contributed by atoms with E-state index in [0.717, 1.165) is 38.4 Å². The third-order valence-corrected chi connectivity index (χ3v) is 6.54. The predicted octanol–water partition coefficient (Wildman–Crippen LogP) is 3.32. The molecule has 0 spiro atoms. The van der Waals surface area contributed by atoms with Crippen molar-refractivity contribution in [1.29, 1.82) is 0 Å². The van der Waals surface area contributed by atoms with Crippen LogP contribution in [0.2, 0.25) is 0 Å². The van der Waals surface area contributed by atoms with Gasteiger partial charge in [0.15, 0.2) is 9.84 Å². The molecular weight excluding hydrogens is 344 g/mol. The summed E-state index contributed by atoms with van der Waals surface area (Å²) in [5.41, 5.74) is 2.05. The van der Waals surface area contributed by atoms with Crippen LogP contribution in [0.4, 0.5) is 5.69 Å². The first-order valence-corrected chi connectivity index (χ1v) is 10.8. The van der Waals surface area contributed by atoms with Crippen LogP contribution in [0.25, 0.3) is 6.08 Å². The van der Waals surface area contributed by atoms with E-state index in [-0.39, 0.29) is 5.75 Å². The van der Waals surface area contributed by atoms with Crippen LogP contribution < -0.4 is 4.90 Å². The minimum absolute atomic E-state index is 0.133. The molecule has 0 saturated carbocycles. The van der Waals surface area contributed by atoms with Gasteiger partial charge in [0, 0.05) is 32.7 Å². The number of nitrogens with zero attached hydrogens (tertiary/aromatic N) is 2. The van der Waals surface area contributed by atoms with E-state index in [4.69, 9.17) is 0 Å². The Morgan fingerprint density at radius 1 is 0.923 bits per heavy atom. The van der Waals surface area contributed by atoms with Gasteiger partial charge in [-0.2, -0.15) is 0 Å². The highest BCUT2D eigenvalue weighted by molar-refractivity contribution is 7.91. The van der Waals surface area contributed by atoms with E-state index in [1.807, 2.05) is 30.3 Å². The number of sulfone groups is 1. The maximum absolute atomic E-state index is 12.4. The highest BCUT2D eigenvalue weighted by atomic mass is 32.2. The monoisotopic (exact) mass is 370 g/mol. The Morgan fingerprint density at radius 2 is 1.58 bits per heavy atom. The van der Waals surface area contributed by atoms with E-state index in [1.54, 1.807) is 19.1 Å². The van der Waals surface area contributed by atoms with Crippen LogP contribution in [0, 0.1) is 0 Å².